The van der Waals surface area contributed by atoms with Gasteiger partial charge in [0, 0.05) is 10.6 Å². The van der Waals surface area contributed by atoms with E-state index < -0.39 is 6.10 Å². The number of fused-ring (bicyclic) bond motifs is 2. The first-order chi connectivity index (χ1) is 11.7. The lowest BCUT2D eigenvalue weighted by Crippen LogP contribution is -2.18. The van der Waals surface area contributed by atoms with Gasteiger partial charge >= 0.3 is 0 Å². The number of ether oxygens (including phenoxy) is 3. The molecule has 0 aliphatic carbocycles. The van der Waals surface area contributed by atoms with Crippen molar-refractivity contribution in [3.05, 3.63) is 58.6 Å². The number of benzene rings is 2. The van der Waals surface area contributed by atoms with Crippen molar-refractivity contribution in [2.75, 3.05) is 17.4 Å². The Labute approximate surface area is 142 Å². The van der Waals surface area contributed by atoms with Crippen LogP contribution in [0.15, 0.2) is 48.0 Å². The van der Waals surface area contributed by atoms with Crippen LogP contribution in [0.5, 0.6) is 11.5 Å². The summed E-state index contributed by atoms with van der Waals surface area (Å²) in [6.07, 6.45) is -0.728. The maximum atomic E-state index is 12.7. The second kappa shape index (κ2) is 4.82. The summed E-state index contributed by atoms with van der Waals surface area (Å²) in [6.45, 7) is 0.187. The van der Waals surface area contributed by atoms with Crippen LogP contribution in [0.25, 0.3) is 0 Å². The van der Waals surface area contributed by atoms with Crippen molar-refractivity contribution in [2.45, 2.75) is 6.10 Å². The number of rotatable bonds is 1. The lowest BCUT2D eigenvalue weighted by atomic mass is 10.0. The Bertz CT molecular complexity index is 925. The molecule has 0 bridgehead atoms. The van der Waals surface area contributed by atoms with Gasteiger partial charge in [-0.15, -0.1) is 0 Å². The van der Waals surface area contributed by atoms with Gasteiger partial charge in [0.2, 0.25) is 18.5 Å². The van der Waals surface area contributed by atoms with E-state index in [4.69, 9.17) is 25.8 Å². The highest BCUT2D eigenvalue weighted by molar-refractivity contribution is 6.31. The number of Topliss-reactive ketones (excluding diaryl/α,β-unsaturated/α-hetero) is 1. The van der Waals surface area contributed by atoms with Gasteiger partial charge in [-0.2, -0.15) is 0 Å². The molecule has 5 rings (SSSR count). The molecule has 0 saturated carbocycles. The fourth-order valence-corrected chi connectivity index (χ4v) is 3.14. The van der Waals surface area contributed by atoms with Crippen LogP contribution in [0, 0.1) is 0 Å². The van der Waals surface area contributed by atoms with Crippen LogP contribution in [0.2, 0.25) is 5.02 Å². The van der Waals surface area contributed by atoms with Crippen molar-refractivity contribution in [3.63, 3.8) is 0 Å². The minimum atomic E-state index is -0.728. The van der Waals surface area contributed by atoms with Crippen LogP contribution in [0.1, 0.15) is 11.7 Å². The third kappa shape index (κ3) is 1.93. The molecule has 6 nitrogen and oxygen atoms in total. The van der Waals surface area contributed by atoms with Gasteiger partial charge < -0.3 is 24.8 Å². The first-order valence-electron chi connectivity index (χ1n) is 7.37. The molecule has 3 aliphatic rings. The van der Waals surface area contributed by atoms with Crippen molar-refractivity contribution in [3.8, 4) is 11.5 Å². The third-order valence-electron chi connectivity index (χ3n) is 4.14. The summed E-state index contributed by atoms with van der Waals surface area (Å²) >= 11 is 6.01. The monoisotopic (exact) mass is 342 g/mol. The maximum absolute atomic E-state index is 12.7. The van der Waals surface area contributed by atoms with E-state index in [0.717, 1.165) is 11.4 Å². The molecule has 3 aliphatic heterocycles. The highest BCUT2D eigenvalue weighted by atomic mass is 35.5. The SMILES string of the molecule is O=C1C2=C(Nc3cc(Cl)ccc3N2)O[C@H]1c1ccc2c(c1)OCO2. The van der Waals surface area contributed by atoms with Crippen LogP contribution in [-0.2, 0) is 9.53 Å². The molecule has 0 radical (unpaired) electrons. The first-order valence-corrected chi connectivity index (χ1v) is 7.75. The maximum Gasteiger partial charge on any atom is 0.231 e. The number of nitrogens with one attached hydrogen (secondary N) is 2. The quantitative estimate of drug-likeness (QED) is 0.827. The summed E-state index contributed by atoms with van der Waals surface area (Å²) in [5.74, 6) is 1.54. The van der Waals surface area contributed by atoms with Crippen molar-refractivity contribution >= 4 is 28.8 Å². The van der Waals surface area contributed by atoms with Gasteiger partial charge in [0.15, 0.2) is 17.6 Å². The topological polar surface area (TPSA) is 68.8 Å². The molecule has 24 heavy (non-hydrogen) atoms. The Morgan fingerprint density at radius 2 is 1.88 bits per heavy atom. The predicted molar refractivity (Wildman–Crippen MR) is 87.1 cm³/mol. The fourth-order valence-electron chi connectivity index (χ4n) is 2.97. The van der Waals surface area contributed by atoms with E-state index in [-0.39, 0.29) is 12.6 Å². The van der Waals surface area contributed by atoms with E-state index in [1.165, 1.54) is 0 Å². The molecule has 0 amide bonds. The Morgan fingerprint density at radius 3 is 2.79 bits per heavy atom. The second-order valence-electron chi connectivity index (χ2n) is 5.62. The van der Waals surface area contributed by atoms with Crippen LogP contribution in [-0.4, -0.2) is 12.6 Å². The Hall–Kier alpha value is -2.86. The number of halogens is 1. The summed E-state index contributed by atoms with van der Waals surface area (Å²) in [6, 6.07) is 10.7. The van der Waals surface area contributed by atoms with E-state index in [9.17, 15) is 4.79 Å². The molecule has 3 heterocycles. The first kappa shape index (κ1) is 13.6. The predicted octanol–water partition coefficient (Wildman–Crippen LogP) is 3.42. The molecule has 0 spiro atoms. The number of hydrogen-bond acceptors (Lipinski definition) is 6. The van der Waals surface area contributed by atoms with E-state index in [1.807, 2.05) is 6.07 Å². The minimum absolute atomic E-state index is 0.142. The molecule has 0 fully saturated rings. The van der Waals surface area contributed by atoms with Gasteiger partial charge in [-0.1, -0.05) is 17.7 Å². The molecule has 2 aromatic rings. The van der Waals surface area contributed by atoms with Gasteiger partial charge in [-0.3, -0.25) is 4.79 Å². The smallest absolute Gasteiger partial charge is 0.231 e. The number of ketones is 1. The molecule has 7 heteroatoms. The van der Waals surface area contributed by atoms with E-state index in [2.05, 4.69) is 10.6 Å². The average Bonchev–Trinajstić information content (AvgIpc) is 3.17. The van der Waals surface area contributed by atoms with Gasteiger partial charge in [-0.25, -0.2) is 0 Å². The molecular weight excluding hydrogens is 332 g/mol. The lowest BCUT2D eigenvalue weighted by Gasteiger charge is -2.19. The summed E-state index contributed by atoms with van der Waals surface area (Å²) in [7, 11) is 0. The molecule has 0 saturated heterocycles. The third-order valence-corrected chi connectivity index (χ3v) is 4.37. The van der Waals surface area contributed by atoms with E-state index in [0.29, 0.717) is 33.7 Å². The van der Waals surface area contributed by atoms with Crippen molar-refractivity contribution in [2.24, 2.45) is 0 Å². The normalized spacial score (nSPS) is 20.0. The van der Waals surface area contributed by atoms with Crippen LogP contribution >= 0.6 is 11.6 Å². The molecule has 1 atom stereocenters. The second-order valence-corrected chi connectivity index (χ2v) is 6.06. The highest BCUT2D eigenvalue weighted by Gasteiger charge is 2.39. The molecule has 120 valence electrons. The van der Waals surface area contributed by atoms with Crippen LogP contribution in [0.4, 0.5) is 11.4 Å². The highest BCUT2D eigenvalue weighted by Crippen LogP contribution is 2.42. The van der Waals surface area contributed by atoms with Crippen LogP contribution in [0.3, 0.4) is 0 Å². The van der Waals surface area contributed by atoms with Gasteiger partial charge in [0.1, 0.15) is 5.70 Å². The minimum Gasteiger partial charge on any atom is -0.461 e. The standard InChI is InChI=1S/C17H11ClN2O4/c18-9-2-3-10-11(6-9)20-17-14(19-10)15(21)16(24-17)8-1-4-12-13(5-8)23-7-22-12/h1-6,16,19-20H,7H2/t16-/m0/s1. The summed E-state index contributed by atoms with van der Waals surface area (Å²) < 4.78 is 16.5. The zero-order chi connectivity index (χ0) is 16.3. The van der Waals surface area contributed by atoms with Crippen molar-refractivity contribution in [1.29, 1.82) is 0 Å². The van der Waals surface area contributed by atoms with Gasteiger partial charge in [-0.05, 0) is 30.3 Å². The molecule has 2 N–H and O–H groups in total. The largest absolute Gasteiger partial charge is 0.461 e. The number of carbonyl (C=O) groups is 1. The average molecular weight is 343 g/mol. The number of anilines is 2. The van der Waals surface area contributed by atoms with E-state index in [1.54, 1.807) is 30.3 Å². The van der Waals surface area contributed by atoms with Crippen molar-refractivity contribution < 1.29 is 19.0 Å². The number of carbonyl (C=O) groups excluding carboxylic acids is 1. The van der Waals surface area contributed by atoms with Crippen LogP contribution < -0.4 is 20.1 Å². The summed E-state index contributed by atoms with van der Waals surface area (Å²) in [4.78, 5) is 12.7. The Morgan fingerprint density at radius 1 is 1.00 bits per heavy atom. The van der Waals surface area contributed by atoms with Gasteiger partial charge in [0.05, 0.1) is 11.4 Å². The zero-order valence-corrected chi connectivity index (χ0v) is 13.0. The lowest BCUT2D eigenvalue weighted by molar-refractivity contribution is -0.121. The molecule has 0 aromatic heterocycles. The molecule has 0 unspecified atom stereocenters. The van der Waals surface area contributed by atoms with Gasteiger partial charge in [0.25, 0.3) is 0 Å². The fraction of sp³-hybridized carbons (Fsp3) is 0.118. The number of hydrogen-bond donors (Lipinski definition) is 2. The summed E-state index contributed by atoms with van der Waals surface area (Å²) in [5.41, 5.74) is 2.67. The molecule has 2 aromatic carbocycles. The Kier molecular flexibility index (Phi) is 2.72. The summed E-state index contributed by atoms with van der Waals surface area (Å²) in [5, 5.41) is 6.83. The van der Waals surface area contributed by atoms with Crippen molar-refractivity contribution in [1.82, 2.24) is 0 Å². The Balaban J connectivity index is 1.47. The molecular formula is C17H11ClN2O4. The zero-order valence-electron chi connectivity index (χ0n) is 12.3. The van der Waals surface area contributed by atoms with E-state index >= 15 is 0 Å².